The number of nitrogens with one attached hydrogen (secondary N) is 1. The second-order valence-electron chi connectivity index (χ2n) is 6.37. The Bertz CT molecular complexity index is 829. The summed E-state index contributed by atoms with van der Waals surface area (Å²) in [5.41, 5.74) is 2.44. The summed E-state index contributed by atoms with van der Waals surface area (Å²) in [7, 11) is -3.28. The number of hydrogen-bond donors (Lipinski definition) is 1. The van der Waals surface area contributed by atoms with E-state index in [1.54, 1.807) is 24.3 Å². The van der Waals surface area contributed by atoms with Gasteiger partial charge in [0.05, 0.1) is 11.9 Å². The number of rotatable bonds is 7. The number of amides is 1. The fraction of sp³-hybridized carbons (Fsp3) is 0.316. The highest BCUT2D eigenvalue weighted by Crippen LogP contribution is 2.34. The second kappa shape index (κ2) is 7.27. The van der Waals surface area contributed by atoms with E-state index in [0.717, 1.165) is 18.4 Å². The van der Waals surface area contributed by atoms with Crippen LogP contribution in [-0.2, 0) is 21.2 Å². The number of aryl methyl sites for hydroxylation is 1. The van der Waals surface area contributed by atoms with Crippen LogP contribution in [0.2, 0.25) is 0 Å². The van der Waals surface area contributed by atoms with Gasteiger partial charge in [-0.1, -0.05) is 30.3 Å². The third-order valence-electron chi connectivity index (χ3n) is 4.12. The number of benzene rings is 2. The first-order chi connectivity index (χ1) is 11.9. The van der Waals surface area contributed by atoms with Crippen molar-refractivity contribution in [2.24, 2.45) is 0 Å². The van der Waals surface area contributed by atoms with Gasteiger partial charge in [0.1, 0.15) is 0 Å². The van der Waals surface area contributed by atoms with Gasteiger partial charge >= 0.3 is 0 Å². The fourth-order valence-electron chi connectivity index (χ4n) is 2.80. The lowest BCUT2D eigenvalue weighted by atomic mass is 10.1. The van der Waals surface area contributed by atoms with E-state index in [2.05, 4.69) is 5.32 Å². The molecular weight excluding hydrogens is 336 g/mol. The molecule has 2 aromatic rings. The van der Waals surface area contributed by atoms with Gasteiger partial charge in [-0.25, -0.2) is 8.42 Å². The first-order valence-electron chi connectivity index (χ1n) is 8.37. The van der Waals surface area contributed by atoms with Crippen molar-refractivity contribution >= 4 is 27.3 Å². The molecule has 0 heterocycles. The molecule has 0 bridgehead atoms. The lowest BCUT2D eigenvalue weighted by Gasteiger charge is -2.22. The highest BCUT2D eigenvalue weighted by atomic mass is 32.2. The van der Waals surface area contributed by atoms with Crippen LogP contribution in [0.1, 0.15) is 24.8 Å². The van der Waals surface area contributed by atoms with Crippen molar-refractivity contribution in [3.05, 3.63) is 60.2 Å². The number of nitrogens with zero attached hydrogens (tertiary/aromatic N) is 1. The molecule has 1 amide bonds. The summed E-state index contributed by atoms with van der Waals surface area (Å²) in [6.45, 7) is 0. The van der Waals surface area contributed by atoms with Crippen molar-refractivity contribution in [1.29, 1.82) is 0 Å². The van der Waals surface area contributed by atoms with E-state index in [0.29, 0.717) is 24.2 Å². The molecule has 25 heavy (non-hydrogen) atoms. The summed E-state index contributed by atoms with van der Waals surface area (Å²) in [5, 5.41) is 2.86. The molecule has 0 atom stereocenters. The Balaban J connectivity index is 1.59. The molecule has 1 aliphatic carbocycles. The molecule has 1 fully saturated rings. The van der Waals surface area contributed by atoms with Crippen LogP contribution in [0.3, 0.4) is 0 Å². The molecule has 6 heteroatoms. The molecule has 0 aliphatic heterocycles. The van der Waals surface area contributed by atoms with Gasteiger partial charge < -0.3 is 5.32 Å². The standard InChI is InChI=1S/C19H22N2O3S/c1-25(23,24)21(18-12-13-18)17-10-8-16(9-11-17)20-19(22)14-7-15-5-3-2-4-6-15/h2-6,8-11,18H,7,12-14H2,1H3,(H,20,22). The maximum absolute atomic E-state index is 12.1. The lowest BCUT2D eigenvalue weighted by Crippen LogP contribution is -2.31. The number of anilines is 2. The van der Waals surface area contributed by atoms with Gasteiger partial charge in [0.15, 0.2) is 0 Å². The third-order valence-corrected chi connectivity index (χ3v) is 5.35. The monoisotopic (exact) mass is 358 g/mol. The van der Waals surface area contributed by atoms with E-state index >= 15 is 0 Å². The zero-order chi connectivity index (χ0) is 17.9. The van der Waals surface area contributed by atoms with Crippen LogP contribution in [0.25, 0.3) is 0 Å². The molecule has 1 N–H and O–H groups in total. The summed E-state index contributed by atoms with van der Waals surface area (Å²) >= 11 is 0. The molecular formula is C19H22N2O3S. The van der Waals surface area contributed by atoms with Crippen LogP contribution in [0.4, 0.5) is 11.4 Å². The molecule has 132 valence electrons. The molecule has 0 saturated heterocycles. The van der Waals surface area contributed by atoms with Crippen LogP contribution in [-0.4, -0.2) is 26.6 Å². The first kappa shape index (κ1) is 17.5. The normalized spacial score (nSPS) is 14.1. The topological polar surface area (TPSA) is 66.5 Å². The van der Waals surface area contributed by atoms with Crippen LogP contribution in [0, 0.1) is 0 Å². The van der Waals surface area contributed by atoms with Gasteiger partial charge in [0.25, 0.3) is 0 Å². The first-order valence-corrected chi connectivity index (χ1v) is 10.2. The molecule has 3 rings (SSSR count). The predicted octanol–water partition coefficient (Wildman–Crippen LogP) is 3.19. The van der Waals surface area contributed by atoms with Crippen LogP contribution in [0.15, 0.2) is 54.6 Å². The summed E-state index contributed by atoms with van der Waals surface area (Å²) in [4.78, 5) is 12.1. The number of sulfonamides is 1. The number of carbonyl (C=O) groups excluding carboxylic acids is 1. The van der Waals surface area contributed by atoms with Crippen LogP contribution < -0.4 is 9.62 Å². The van der Waals surface area contributed by atoms with Crippen LogP contribution >= 0.6 is 0 Å². The minimum absolute atomic E-state index is 0.0567. The quantitative estimate of drug-likeness (QED) is 0.827. The second-order valence-corrected chi connectivity index (χ2v) is 8.23. The molecule has 0 aromatic heterocycles. The Labute approximate surface area is 148 Å². The van der Waals surface area contributed by atoms with Crippen molar-refractivity contribution in [3.63, 3.8) is 0 Å². The van der Waals surface area contributed by atoms with Crippen molar-refractivity contribution in [3.8, 4) is 0 Å². The summed E-state index contributed by atoms with van der Waals surface area (Å²) in [6, 6.07) is 16.9. The summed E-state index contributed by atoms with van der Waals surface area (Å²) < 4.78 is 25.4. The van der Waals surface area contributed by atoms with E-state index < -0.39 is 10.0 Å². The Morgan fingerprint density at radius 2 is 1.72 bits per heavy atom. The maximum Gasteiger partial charge on any atom is 0.232 e. The average Bonchev–Trinajstić information content (AvgIpc) is 3.39. The van der Waals surface area contributed by atoms with Crippen molar-refractivity contribution in [1.82, 2.24) is 0 Å². The molecule has 1 aliphatic rings. The smallest absolute Gasteiger partial charge is 0.232 e. The number of carbonyl (C=O) groups is 1. The average molecular weight is 358 g/mol. The van der Waals surface area contributed by atoms with Gasteiger partial charge in [0.2, 0.25) is 15.9 Å². The van der Waals surface area contributed by atoms with Crippen molar-refractivity contribution in [2.45, 2.75) is 31.7 Å². The molecule has 1 saturated carbocycles. The van der Waals surface area contributed by atoms with Gasteiger partial charge in [-0.3, -0.25) is 9.10 Å². The number of hydrogen-bond acceptors (Lipinski definition) is 3. The zero-order valence-corrected chi connectivity index (χ0v) is 15.0. The van der Waals surface area contributed by atoms with Gasteiger partial charge in [-0.05, 0) is 49.1 Å². The SMILES string of the molecule is CS(=O)(=O)N(c1ccc(NC(=O)CCc2ccccc2)cc1)C1CC1. The van der Waals surface area contributed by atoms with Gasteiger partial charge in [-0.2, -0.15) is 0 Å². The van der Waals surface area contributed by atoms with Crippen molar-refractivity contribution < 1.29 is 13.2 Å². The van der Waals surface area contributed by atoms with E-state index in [4.69, 9.17) is 0 Å². The van der Waals surface area contributed by atoms with Crippen LogP contribution in [0.5, 0.6) is 0 Å². The Morgan fingerprint density at radius 3 is 2.28 bits per heavy atom. The molecule has 0 spiro atoms. The van der Waals surface area contributed by atoms with E-state index in [9.17, 15) is 13.2 Å². The van der Waals surface area contributed by atoms with Crippen molar-refractivity contribution in [2.75, 3.05) is 15.9 Å². The Kier molecular flexibility index (Phi) is 5.08. The summed E-state index contributed by atoms with van der Waals surface area (Å²) in [6.07, 6.45) is 4.11. The van der Waals surface area contributed by atoms with E-state index in [-0.39, 0.29) is 11.9 Å². The zero-order valence-electron chi connectivity index (χ0n) is 14.2. The largest absolute Gasteiger partial charge is 0.326 e. The summed E-state index contributed by atoms with van der Waals surface area (Å²) in [5.74, 6) is -0.0567. The van der Waals surface area contributed by atoms with Gasteiger partial charge in [-0.15, -0.1) is 0 Å². The minimum atomic E-state index is -3.28. The minimum Gasteiger partial charge on any atom is -0.326 e. The molecule has 0 unspecified atom stereocenters. The van der Waals surface area contributed by atoms with E-state index in [1.165, 1.54) is 10.6 Å². The highest BCUT2D eigenvalue weighted by molar-refractivity contribution is 7.92. The van der Waals surface area contributed by atoms with Gasteiger partial charge in [0, 0.05) is 18.2 Å². The lowest BCUT2D eigenvalue weighted by molar-refractivity contribution is -0.116. The Hall–Kier alpha value is -2.34. The third kappa shape index (κ3) is 4.82. The highest BCUT2D eigenvalue weighted by Gasteiger charge is 2.35. The Morgan fingerprint density at radius 1 is 1.08 bits per heavy atom. The fourth-order valence-corrected chi connectivity index (χ4v) is 4.06. The molecule has 0 radical (unpaired) electrons. The van der Waals surface area contributed by atoms with E-state index in [1.807, 2.05) is 30.3 Å². The molecule has 2 aromatic carbocycles. The molecule has 5 nitrogen and oxygen atoms in total. The maximum atomic E-state index is 12.1. The predicted molar refractivity (Wildman–Crippen MR) is 100 cm³/mol.